The largest absolute Gasteiger partial charge is 0.457 e. The Morgan fingerprint density at radius 3 is 2.41 bits per heavy atom. The van der Waals surface area contributed by atoms with E-state index in [0.29, 0.717) is 43.0 Å². The number of carbonyl (C=O) groups excluding carboxylic acids is 3. The molecule has 182 valence electrons. The maximum absolute atomic E-state index is 13.2. The maximum atomic E-state index is 13.2. The highest BCUT2D eigenvalue weighted by Gasteiger charge is 2.41. The van der Waals surface area contributed by atoms with Crippen LogP contribution in [0.3, 0.4) is 0 Å². The molecule has 0 saturated carbocycles. The Balaban J connectivity index is 1.65. The molecule has 4 N–H and O–H groups in total. The van der Waals surface area contributed by atoms with Crippen molar-refractivity contribution < 1.29 is 29.4 Å². The molecule has 0 spiro atoms. The van der Waals surface area contributed by atoms with Gasteiger partial charge in [-0.3, -0.25) is 19.6 Å². The van der Waals surface area contributed by atoms with Gasteiger partial charge in [0, 0.05) is 12.2 Å². The second-order valence-electron chi connectivity index (χ2n) is 8.29. The first kappa shape index (κ1) is 25.2. The number of para-hydroxylation sites is 1. The lowest BCUT2D eigenvalue weighted by molar-refractivity contribution is -0.152. The maximum Gasteiger partial charge on any atom is 0.272 e. The van der Waals surface area contributed by atoms with Crippen LogP contribution < -0.4 is 15.5 Å². The zero-order chi connectivity index (χ0) is 24.5. The van der Waals surface area contributed by atoms with Crippen LogP contribution in [0.1, 0.15) is 39.0 Å². The zero-order valence-corrected chi connectivity index (χ0v) is 19.1. The first-order valence-corrected chi connectivity index (χ1v) is 11.5. The lowest BCUT2D eigenvalue weighted by Gasteiger charge is -2.30. The molecular weight excluding hydrogens is 438 g/mol. The van der Waals surface area contributed by atoms with Crippen LogP contribution in [-0.4, -0.2) is 51.6 Å². The number of hydrogen-bond donors (Lipinski definition) is 4. The summed E-state index contributed by atoms with van der Waals surface area (Å²) in [6.07, 6.45) is 1.09. The van der Waals surface area contributed by atoms with E-state index in [-0.39, 0.29) is 12.3 Å². The smallest absolute Gasteiger partial charge is 0.272 e. The van der Waals surface area contributed by atoms with E-state index in [1.54, 1.807) is 24.3 Å². The predicted octanol–water partition coefficient (Wildman–Crippen LogP) is 3.08. The van der Waals surface area contributed by atoms with Crippen LogP contribution in [0.15, 0.2) is 54.6 Å². The highest BCUT2D eigenvalue weighted by Crippen LogP contribution is 2.26. The van der Waals surface area contributed by atoms with Crippen molar-refractivity contribution in [2.24, 2.45) is 5.92 Å². The van der Waals surface area contributed by atoms with Crippen LogP contribution in [-0.2, 0) is 14.4 Å². The van der Waals surface area contributed by atoms with Crippen molar-refractivity contribution in [3.05, 3.63) is 54.6 Å². The number of likely N-dealkylation sites (tertiary alicyclic amines) is 1. The molecule has 9 nitrogen and oxygen atoms in total. The van der Waals surface area contributed by atoms with Crippen LogP contribution >= 0.6 is 0 Å². The third-order valence-corrected chi connectivity index (χ3v) is 5.89. The van der Waals surface area contributed by atoms with Crippen molar-refractivity contribution in [1.29, 1.82) is 0 Å². The number of aliphatic hydroxyl groups is 1. The molecule has 9 heteroatoms. The lowest BCUT2D eigenvalue weighted by Crippen LogP contribution is -2.50. The number of amides is 3. The molecular formula is C25H31N3O6. The fourth-order valence-electron chi connectivity index (χ4n) is 4.06. The molecule has 0 bridgehead atoms. The van der Waals surface area contributed by atoms with E-state index in [9.17, 15) is 19.5 Å². The second kappa shape index (κ2) is 12.2. The van der Waals surface area contributed by atoms with Crippen molar-refractivity contribution in [3.8, 4) is 11.5 Å². The lowest BCUT2D eigenvalue weighted by atomic mass is 9.93. The molecule has 1 fully saturated rings. The first-order valence-electron chi connectivity index (χ1n) is 11.5. The minimum Gasteiger partial charge on any atom is -0.457 e. The van der Waals surface area contributed by atoms with E-state index in [4.69, 9.17) is 9.94 Å². The molecule has 0 aromatic heterocycles. The molecule has 1 aliphatic heterocycles. The summed E-state index contributed by atoms with van der Waals surface area (Å²) in [5, 5.41) is 22.0. The van der Waals surface area contributed by atoms with Gasteiger partial charge in [0.25, 0.3) is 5.91 Å². The predicted molar refractivity (Wildman–Crippen MR) is 125 cm³/mol. The SMILES string of the molecule is CCCC[C@@H](C(=O)N1CCC[C@H]1C(=O)Nc1ccc(Oc2ccccc2)cc1)[C@H](O)C(=O)NO. The summed E-state index contributed by atoms with van der Waals surface area (Å²) < 4.78 is 5.76. The van der Waals surface area contributed by atoms with Gasteiger partial charge >= 0.3 is 0 Å². The quantitative estimate of drug-likeness (QED) is 0.313. The number of carbonyl (C=O) groups is 3. The summed E-state index contributed by atoms with van der Waals surface area (Å²) in [4.78, 5) is 39.4. The van der Waals surface area contributed by atoms with Gasteiger partial charge in [0.2, 0.25) is 11.8 Å². The molecule has 3 rings (SSSR count). The van der Waals surface area contributed by atoms with Crippen LogP contribution in [0.2, 0.25) is 0 Å². The van der Waals surface area contributed by atoms with Gasteiger partial charge in [0.1, 0.15) is 23.6 Å². The molecule has 2 aromatic carbocycles. The van der Waals surface area contributed by atoms with E-state index in [2.05, 4.69) is 5.32 Å². The number of benzene rings is 2. The van der Waals surface area contributed by atoms with E-state index >= 15 is 0 Å². The van der Waals surface area contributed by atoms with E-state index in [0.717, 1.165) is 6.42 Å². The van der Waals surface area contributed by atoms with Crippen molar-refractivity contribution in [1.82, 2.24) is 10.4 Å². The fraction of sp³-hybridized carbons (Fsp3) is 0.400. The molecule has 1 saturated heterocycles. The van der Waals surface area contributed by atoms with Crippen molar-refractivity contribution in [2.75, 3.05) is 11.9 Å². The van der Waals surface area contributed by atoms with Gasteiger partial charge in [-0.15, -0.1) is 0 Å². The summed E-state index contributed by atoms with van der Waals surface area (Å²) in [5.74, 6) is -1.54. The van der Waals surface area contributed by atoms with E-state index < -0.39 is 29.9 Å². The molecule has 1 aliphatic rings. The molecule has 0 unspecified atom stereocenters. The highest BCUT2D eigenvalue weighted by molar-refractivity contribution is 5.98. The Labute approximate surface area is 198 Å². The third-order valence-electron chi connectivity index (χ3n) is 5.89. The van der Waals surface area contributed by atoms with E-state index in [1.807, 2.05) is 37.3 Å². The van der Waals surface area contributed by atoms with Crippen molar-refractivity contribution in [3.63, 3.8) is 0 Å². The number of rotatable bonds is 10. The summed E-state index contributed by atoms with van der Waals surface area (Å²) in [6, 6.07) is 15.6. The number of ether oxygens (including phenoxy) is 1. The minimum absolute atomic E-state index is 0.275. The molecule has 0 aliphatic carbocycles. The molecule has 3 atom stereocenters. The standard InChI is InChI=1S/C25H31N3O6/c1-2-3-10-20(22(29)24(31)27-33)25(32)28-16-7-11-21(28)23(30)26-17-12-14-19(15-13-17)34-18-8-5-4-6-9-18/h4-6,8-9,12-15,20-22,29,33H,2-3,7,10-11,16H2,1H3,(H,26,30)(H,27,31)/t20-,21+,22+/m1/s1. The van der Waals surface area contributed by atoms with Gasteiger partial charge in [0.05, 0.1) is 5.92 Å². The average molecular weight is 470 g/mol. The van der Waals surface area contributed by atoms with Gasteiger partial charge < -0.3 is 20.1 Å². The number of nitrogens with zero attached hydrogens (tertiary/aromatic N) is 1. The normalized spacial score (nSPS) is 17.0. The molecule has 0 radical (unpaired) electrons. The minimum atomic E-state index is -1.69. The number of anilines is 1. The van der Waals surface area contributed by atoms with Gasteiger partial charge in [-0.1, -0.05) is 38.0 Å². The number of hydroxylamine groups is 1. The Bertz CT molecular complexity index is 966. The van der Waals surface area contributed by atoms with Crippen LogP contribution in [0.4, 0.5) is 5.69 Å². The highest BCUT2D eigenvalue weighted by atomic mass is 16.5. The van der Waals surface area contributed by atoms with Gasteiger partial charge in [-0.2, -0.15) is 0 Å². The summed E-state index contributed by atoms with van der Waals surface area (Å²) in [5.41, 5.74) is 1.97. The fourth-order valence-corrected chi connectivity index (χ4v) is 4.06. The van der Waals surface area contributed by atoms with Gasteiger partial charge in [0.15, 0.2) is 0 Å². The Morgan fingerprint density at radius 1 is 1.09 bits per heavy atom. The summed E-state index contributed by atoms with van der Waals surface area (Å²) in [7, 11) is 0. The Morgan fingerprint density at radius 2 is 1.76 bits per heavy atom. The Kier molecular flexibility index (Phi) is 9.00. The third kappa shape index (κ3) is 6.33. The van der Waals surface area contributed by atoms with Crippen molar-refractivity contribution in [2.45, 2.75) is 51.2 Å². The number of unbranched alkanes of at least 4 members (excludes halogenated alkanes) is 1. The molecule has 2 aromatic rings. The van der Waals surface area contributed by atoms with Gasteiger partial charge in [-0.05, 0) is 55.7 Å². The topological polar surface area (TPSA) is 128 Å². The van der Waals surface area contributed by atoms with E-state index in [1.165, 1.54) is 10.4 Å². The van der Waals surface area contributed by atoms with Crippen LogP contribution in [0.5, 0.6) is 11.5 Å². The zero-order valence-electron chi connectivity index (χ0n) is 19.1. The summed E-state index contributed by atoms with van der Waals surface area (Å²) in [6.45, 7) is 2.29. The Hall–Kier alpha value is -3.43. The molecule has 3 amide bonds. The number of nitrogens with one attached hydrogen (secondary N) is 2. The average Bonchev–Trinajstić information content (AvgIpc) is 3.35. The number of hydrogen-bond acceptors (Lipinski definition) is 6. The summed E-state index contributed by atoms with van der Waals surface area (Å²) >= 11 is 0. The number of aliphatic hydroxyl groups excluding tert-OH is 1. The monoisotopic (exact) mass is 469 g/mol. The first-order chi connectivity index (χ1) is 16.4. The van der Waals surface area contributed by atoms with Crippen molar-refractivity contribution >= 4 is 23.4 Å². The second-order valence-corrected chi connectivity index (χ2v) is 8.29. The molecule has 1 heterocycles. The molecule has 34 heavy (non-hydrogen) atoms. The van der Waals surface area contributed by atoms with Gasteiger partial charge in [-0.25, -0.2) is 5.48 Å². The van der Waals surface area contributed by atoms with Crippen LogP contribution in [0, 0.1) is 5.92 Å². The van der Waals surface area contributed by atoms with Crippen LogP contribution in [0.25, 0.3) is 0 Å².